The normalized spacial score (nSPS) is 11.2. The molecule has 2 N–H and O–H groups in total. The van der Waals surface area contributed by atoms with Crippen molar-refractivity contribution >= 4 is 35.9 Å². The number of rotatable bonds is 8. The number of hydrogen-bond donors (Lipinski definition) is 2. The van der Waals surface area contributed by atoms with Gasteiger partial charge in [-0.3, -0.25) is 0 Å². The first-order valence-electron chi connectivity index (χ1n) is 10.7. The van der Waals surface area contributed by atoms with Crippen LogP contribution in [0.15, 0.2) is 110 Å². The number of nitrogens with zero attached hydrogens (tertiary/aromatic N) is 1. The number of aromatic amines is 1. The molecule has 2 radical (unpaired) electrons. The number of ketones is 1. The summed E-state index contributed by atoms with van der Waals surface area (Å²) in [6, 6.07) is 32.6. The van der Waals surface area contributed by atoms with Gasteiger partial charge in [-0.25, -0.2) is 4.98 Å². The molecule has 0 saturated carbocycles. The van der Waals surface area contributed by atoms with E-state index in [0.717, 1.165) is 22.0 Å². The summed E-state index contributed by atoms with van der Waals surface area (Å²) in [5.41, 5.74) is 1.68. The molecule has 0 bridgehead atoms. The van der Waals surface area contributed by atoms with Gasteiger partial charge >= 0.3 is 26.2 Å². The van der Waals surface area contributed by atoms with Gasteiger partial charge in [-0.05, 0) is 10.4 Å². The summed E-state index contributed by atoms with van der Waals surface area (Å²) in [6.45, 7) is 0. The molecule has 1 aromatic heterocycles. The first-order chi connectivity index (χ1) is 15.8. The fourth-order valence-electron chi connectivity index (χ4n) is 4.04. The SMILES string of the molecule is O=C(c1cc2ccccc2[cH-]1)[C@H](Cc1cnc[nH]1)N[Si](c1ccccc1)c1ccccc1.[Cl-].[Cl-].[Zr+3]. The molecule has 35 heavy (non-hydrogen) atoms. The second-order valence-electron chi connectivity index (χ2n) is 7.82. The monoisotopic (exact) mass is 593 g/mol. The Morgan fingerprint density at radius 3 is 2.09 bits per heavy atom. The average Bonchev–Trinajstić information content (AvgIpc) is 3.52. The van der Waals surface area contributed by atoms with Crippen molar-refractivity contribution in [2.24, 2.45) is 0 Å². The number of hydrogen-bond acceptors (Lipinski definition) is 3. The minimum absolute atomic E-state index is 0. The van der Waals surface area contributed by atoms with Gasteiger partial charge in [0.25, 0.3) is 0 Å². The van der Waals surface area contributed by atoms with Gasteiger partial charge in [0, 0.05) is 24.4 Å². The van der Waals surface area contributed by atoms with E-state index in [0.29, 0.717) is 6.42 Å². The zero-order valence-electron chi connectivity index (χ0n) is 18.8. The topological polar surface area (TPSA) is 57.8 Å². The molecule has 0 amide bonds. The first kappa shape index (κ1) is 29.0. The fraction of sp³-hybridized carbons (Fsp3) is 0.0741. The van der Waals surface area contributed by atoms with E-state index in [-0.39, 0.29) is 62.8 Å². The Morgan fingerprint density at radius 1 is 0.914 bits per heavy atom. The molecule has 0 saturated heterocycles. The van der Waals surface area contributed by atoms with Crippen molar-refractivity contribution in [2.75, 3.05) is 0 Å². The molecule has 1 atom stereocenters. The van der Waals surface area contributed by atoms with Crippen LogP contribution in [0.3, 0.4) is 0 Å². The first-order valence-corrected chi connectivity index (χ1v) is 12.2. The largest absolute Gasteiger partial charge is 3.00 e. The van der Waals surface area contributed by atoms with Gasteiger partial charge in [0.15, 0.2) is 0 Å². The van der Waals surface area contributed by atoms with E-state index < -0.39 is 8.96 Å². The van der Waals surface area contributed by atoms with Gasteiger partial charge in [-0.15, -0.1) is 29.0 Å². The van der Waals surface area contributed by atoms with Crippen molar-refractivity contribution in [1.29, 1.82) is 0 Å². The van der Waals surface area contributed by atoms with Crippen molar-refractivity contribution in [1.82, 2.24) is 15.0 Å². The van der Waals surface area contributed by atoms with Crippen molar-refractivity contribution in [3.8, 4) is 0 Å². The van der Waals surface area contributed by atoms with Crippen LogP contribution in [-0.2, 0) is 32.6 Å². The fourth-order valence-corrected chi connectivity index (χ4v) is 6.34. The van der Waals surface area contributed by atoms with Crippen LogP contribution >= 0.6 is 0 Å². The standard InChI is InChI=1S/C27H23N3OSi.2ClH.Zr/c31-27(22-15-20-9-7-8-10-21(20)16-22)26(17-23-18-28-19-29-23)30-32(24-11-3-1-4-12-24)25-13-5-2-6-14-25;;;/h1-16,18-19,26,30H,17H2,(H,28,29);2*1H;/q-1;;;+3/p-2/t26-;;;/m0.../s1. The third-order valence-electron chi connectivity index (χ3n) is 5.64. The molecule has 1 heterocycles. The van der Waals surface area contributed by atoms with Gasteiger partial charge < -0.3 is 39.6 Å². The second-order valence-corrected chi connectivity index (χ2v) is 10.0. The molecule has 8 heteroatoms. The summed E-state index contributed by atoms with van der Waals surface area (Å²) in [5, 5.41) is 4.62. The van der Waals surface area contributed by atoms with Gasteiger partial charge in [0.1, 0.15) is 5.78 Å². The van der Waals surface area contributed by atoms with Crippen LogP contribution in [0.5, 0.6) is 0 Å². The Bertz CT molecular complexity index is 1240. The molecule has 4 aromatic carbocycles. The van der Waals surface area contributed by atoms with Crippen LogP contribution in [0.4, 0.5) is 0 Å². The Hall–Kier alpha value is -2.21. The maximum absolute atomic E-state index is 13.8. The van der Waals surface area contributed by atoms with Crippen LogP contribution in [0.2, 0.25) is 0 Å². The molecule has 0 aliphatic heterocycles. The van der Waals surface area contributed by atoms with Crippen LogP contribution in [0.1, 0.15) is 16.1 Å². The van der Waals surface area contributed by atoms with Gasteiger partial charge in [-0.1, -0.05) is 84.4 Å². The van der Waals surface area contributed by atoms with E-state index in [1.165, 1.54) is 10.4 Å². The summed E-state index contributed by atoms with van der Waals surface area (Å²) in [5.74, 6) is 0.102. The molecule has 4 nitrogen and oxygen atoms in total. The Balaban J connectivity index is 0.00000144. The van der Waals surface area contributed by atoms with Crippen molar-refractivity contribution in [3.05, 3.63) is 121 Å². The van der Waals surface area contributed by atoms with Gasteiger partial charge in [0.05, 0.1) is 6.33 Å². The minimum Gasteiger partial charge on any atom is -1.00 e. The molecule has 5 rings (SSSR count). The zero-order valence-corrected chi connectivity index (χ0v) is 23.8. The van der Waals surface area contributed by atoms with Gasteiger partial charge in [-0.2, -0.15) is 0 Å². The van der Waals surface area contributed by atoms with Crippen LogP contribution in [0.25, 0.3) is 10.8 Å². The summed E-state index contributed by atoms with van der Waals surface area (Å²) >= 11 is 0. The smallest absolute Gasteiger partial charge is 1.00 e. The minimum atomic E-state index is -1.39. The molecule has 174 valence electrons. The van der Waals surface area contributed by atoms with Crippen molar-refractivity contribution in [3.63, 3.8) is 0 Å². The summed E-state index contributed by atoms with van der Waals surface area (Å²) in [4.78, 5) is 24.8. The Labute approximate surface area is 238 Å². The molecule has 0 fully saturated rings. The summed E-state index contributed by atoms with van der Waals surface area (Å²) < 4.78 is 0. The summed E-state index contributed by atoms with van der Waals surface area (Å²) in [7, 11) is -1.39. The third-order valence-corrected chi connectivity index (χ3v) is 8.10. The van der Waals surface area contributed by atoms with E-state index in [1.54, 1.807) is 12.5 Å². The number of aromatic nitrogens is 2. The van der Waals surface area contributed by atoms with Crippen LogP contribution < -0.4 is 40.2 Å². The number of halogens is 2. The zero-order chi connectivity index (χ0) is 21.8. The van der Waals surface area contributed by atoms with E-state index in [9.17, 15) is 4.79 Å². The van der Waals surface area contributed by atoms with E-state index in [4.69, 9.17) is 0 Å². The number of fused-ring (bicyclic) bond motifs is 1. The number of carbonyl (C=O) groups excluding carboxylic acids is 1. The number of nitrogens with one attached hydrogen (secondary N) is 2. The summed E-state index contributed by atoms with van der Waals surface area (Å²) in [6.07, 6.45) is 4.00. The molecule has 0 aliphatic rings. The molecular formula is C27H23Cl2N3OSiZr. The average molecular weight is 596 g/mol. The van der Waals surface area contributed by atoms with E-state index in [1.807, 2.05) is 48.5 Å². The molecule has 0 aliphatic carbocycles. The predicted molar refractivity (Wildman–Crippen MR) is 131 cm³/mol. The maximum atomic E-state index is 13.8. The van der Waals surface area contributed by atoms with Crippen LogP contribution in [-0.4, -0.2) is 30.8 Å². The van der Waals surface area contributed by atoms with Crippen molar-refractivity contribution in [2.45, 2.75) is 12.5 Å². The van der Waals surface area contributed by atoms with Crippen LogP contribution in [0, 0.1) is 0 Å². The third kappa shape index (κ3) is 6.93. The number of H-pyrrole nitrogens is 1. The molecule has 5 aromatic rings. The molecular weight excluding hydrogens is 573 g/mol. The Morgan fingerprint density at radius 2 is 1.51 bits per heavy atom. The predicted octanol–water partition coefficient (Wildman–Crippen LogP) is -2.52. The maximum Gasteiger partial charge on any atom is 3.00 e. The molecule has 0 unspecified atom stereocenters. The van der Waals surface area contributed by atoms with E-state index >= 15 is 0 Å². The number of benzene rings is 3. The van der Waals surface area contributed by atoms with Gasteiger partial charge in [0.2, 0.25) is 8.96 Å². The number of Topliss-reactive ketones (excluding diaryl/α,β-unsaturated/α-hetero) is 1. The van der Waals surface area contributed by atoms with E-state index in [2.05, 4.69) is 63.5 Å². The number of imidazole rings is 1. The molecule has 0 spiro atoms. The Kier molecular flexibility index (Phi) is 11.4. The quantitative estimate of drug-likeness (QED) is 0.118. The second kappa shape index (κ2) is 13.8. The van der Waals surface area contributed by atoms with Crippen molar-refractivity contribution < 1.29 is 55.8 Å². The number of carbonyl (C=O) groups is 1.